The third-order valence-electron chi connectivity index (χ3n) is 15.5. The lowest BCUT2D eigenvalue weighted by molar-refractivity contribution is -0.116. The van der Waals surface area contributed by atoms with Gasteiger partial charge < -0.3 is 20.4 Å². The standard InChI is InChI=1S/C40H54O4/c1-37-19-13-31-29-11-7-27(41)23-25(29)5-9-33(31)35(37)15-21-39(37,43)17-3-4-18-40(44)22-16-36-34-10-6-26-24-28(42)8-12-30(26)32(34)14-20-38(36,40)2/h7-8,11-12,23-24,31-36,41-44H,3-6,9-10,13-22H2,1-2H3/t31-,32-,33-,34-,35+,36+,37+,38+,39+,40+/m1/s1. The number of rotatable bonds is 5. The van der Waals surface area contributed by atoms with Crippen LogP contribution in [0, 0.1) is 34.5 Å². The number of aliphatic hydroxyl groups is 2. The van der Waals surface area contributed by atoms with Crippen LogP contribution in [-0.4, -0.2) is 31.6 Å². The molecule has 4 heteroatoms. The summed E-state index contributed by atoms with van der Waals surface area (Å²) in [6.07, 6.45) is 16.8. The van der Waals surface area contributed by atoms with Crippen molar-refractivity contribution in [1.82, 2.24) is 0 Å². The lowest BCUT2D eigenvalue weighted by atomic mass is 9.52. The smallest absolute Gasteiger partial charge is 0.115 e. The number of aryl methyl sites for hydroxylation is 2. The molecule has 0 heterocycles. The summed E-state index contributed by atoms with van der Waals surface area (Å²) in [5.41, 5.74) is 4.37. The molecule has 0 saturated heterocycles. The summed E-state index contributed by atoms with van der Waals surface area (Å²) in [6, 6.07) is 12.1. The van der Waals surface area contributed by atoms with Gasteiger partial charge in [-0.3, -0.25) is 0 Å². The SMILES string of the molecule is C[C@]12CC[C@@H]3c4ccc(O)cc4CC[C@H]3[C@@H]1CC[C@@]2(O)CCCC[C@]1(O)CC[C@H]2[C@@H]3CCc4cc(O)ccc4[C@H]3CC[C@@]21C. The monoisotopic (exact) mass is 598 g/mol. The van der Waals surface area contributed by atoms with Crippen molar-refractivity contribution in [3.8, 4) is 11.5 Å². The molecule has 2 aromatic carbocycles. The van der Waals surface area contributed by atoms with Crippen LogP contribution in [0.15, 0.2) is 36.4 Å². The summed E-state index contributed by atoms with van der Waals surface area (Å²) >= 11 is 0. The summed E-state index contributed by atoms with van der Waals surface area (Å²) in [7, 11) is 0. The third kappa shape index (κ3) is 4.15. The predicted octanol–water partition coefficient (Wildman–Crippen LogP) is 8.53. The van der Waals surface area contributed by atoms with E-state index in [0.29, 0.717) is 47.0 Å². The Balaban J connectivity index is 0.912. The highest BCUT2D eigenvalue weighted by Gasteiger charge is 2.62. The second-order valence-electron chi connectivity index (χ2n) is 16.9. The Hall–Kier alpha value is -2.04. The van der Waals surface area contributed by atoms with E-state index in [2.05, 4.69) is 26.0 Å². The Bertz CT molecular complexity index is 1330. The number of aromatic hydroxyl groups is 2. The fraction of sp³-hybridized carbons (Fsp3) is 0.700. The molecule has 44 heavy (non-hydrogen) atoms. The summed E-state index contributed by atoms with van der Waals surface area (Å²) in [5.74, 6) is 4.36. The maximum Gasteiger partial charge on any atom is 0.115 e. The lowest BCUT2D eigenvalue weighted by Crippen LogP contribution is -2.51. The van der Waals surface area contributed by atoms with Crippen LogP contribution in [0.2, 0.25) is 0 Å². The lowest BCUT2D eigenvalue weighted by Gasteiger charge is -2.54. The first-order valence-electron chi connectivity index (χ1n) is 18.1. The van der Waals surface area contributed by atoms with E-state index in [0.717, 1.165) is 89.9 Å². The van der Waals surface area contributed by atoms with Crippen LogP contribution >= 0.6 is 0 Å². The molecule has 0 spiro atoms. The fourth-order valence-electron chi connectivity index (χ4n) is 13.0. The van der Waals surface area contributed by atoms with E-state index in [1.165, 1.54) is 35.1 Å². The maximum atomic E-state index is 12.3. The van der Waals surface area contributed by atoms with E-state index in [-0.39, 0.29) is 10.8 Å². The van der Waals surface area contributed by atoms with Crippen molar-refractivity contribution in [3.63, 3.8) is 0 Å². The van der Waals surface area contributed by atoms with Crippen molar-refractivity contribution in [1.29, 1.82) is 0 Å². The number of hydrogen-bond acceptors (Lipinski definition) is 4. The van der Waals surface area contributed by atoms with E-state index in [1.807, 2.05) is 24.3 Å². The number of hydrogen-bond donors (Lipinski definition) is 4. The minimum Gasteiger partial charge on any atom is -0.508 e. The van der Waals surface area contributed by atoms with Gasteiger partial charge in [0.05, 0.1) is 11.2 Å². The predicted molar refractivity (Wildman–Crippen MR) is 174 cm³/mol. The molecule has 0 aromatic heterocycles. The van der Waals surface area contributed by atoms with Crippen molar-refractivity contribution < 1.29 is 20.4 Å². The summed E-state index contributed by atoms with van der Waals surface area (Å²) < 4.78 is 0. The Morgan fingerprint density at radius 1 is 0.591 bits per heavy atom. The number of unbranched alkanes of at least 4 members (excludes halogenated alkanes) is 1. The van der Waals surface area contributed by atoms with Gasteiger partial charge in [0.1, 0.15) is 11.5 Å². The van der Waals surface area contributed by atoms with Crippen LogP contribution in [0.4, 0.5) is 0 Å². The molecule has 8 rings (SSSR count). The quantitative estimate of drug-likeness (QED) is 0.260. The van der Waals surface area contributed by atoms with Gasteiger partial charge in [0.25, 0.3) is 0 Å². The van der Waals surface area contributed by atoms with Crippen LogP contribution < -0.4 is 0 Å². The van der Waals surface area contributed by atoms with E-state index >= 15 is 0 Å². The average molecular weight is 599 g/mol. The zero-order chi connectivity index (χ0) is 30.5. The van der Waals surface area contributed by atoms with E-state index in [1.54, 1.807) is 0 Å². The van der Waals surface area contributed by atoms with Crippen LogP contribution in [0.3, 0.4) is 0 Å². The Morgan fingerprint density at radius 3 is 1.45 bits per heavy atom. The molecule has 6 aliphatic carbocycles. The minimum absolute atomic E-state index is 0.0175. The second-order valence-corrected chi connectivity index (χ2v) is 16.9. The van der Waals surface area contributed by atoms with Crippen molar-refractivity contribution >= 4 is 0 Å². The maximum absolute atomic E-state index is 12.3. The number of phenolic OH excluding ortho intramolecular Hbond substituents is 2. The van der Waals surface area contributed by atoms with Crippen molar-refractivity contribution in [3.05, 3.63) is 58.7 Å². The van der Waals surface area contributed by atoms with Crippen LogP contribution in [0.5, 0.6) is 11.5 Å². The minimum atomic E-state index is -0.593. The van der Waals surface area contributed by atoms with Gasteiger partial charge in [-0.2, -0.15) is 0 Å². The number of fused-ring (bicyclic) bond motifs is 10. The molecule has 0 bridgehead atoms. The second kappa shape index (κ2) is 10.2. The van der Waals surface area contributed by atoms with Crippen LogP contribution in [0.25, 0.3) is 0 Å². The summed E-state index contributed by atoms with van der Waals surface area (Å²) in [5, 5.41) is 44.6. The molecule has 0 radical (unpaired) electrons. The first-order valence-corrected chi connectivity index (χ1v) is 18.1. The molecule has 6 aliphatic rings. The normalized spacial score (nSPS) is 43.7. The molecular weight excluding hydrogens is 544 g/mol. The van der Waals surface area contributed by atoms with Gasteiger partial charge in [0, 0.05) is 0 Å². The third-order valence-corrected chi connectivity index (χ3v) is 15.5. The Kier molecular flexibility index (Phi) is 6.83. The summed E-state index contributed by atoms with van der Waals surface area (Å²) in [4.78, 5) is 0. The molecule has 0 amide bonds. The Labute approximate surface area is 264 Å². The van der Waals surface area contributed by atoms with Gasteiger partial charge in [-0.15, -0.1) is 0 Å². The Morgan fingerprint density at radius 2 is 1.02 bits per heavy atom. The van der Waals surface area contributed by atoms with Crippen LogP contribution in [0.1, 0.15) is 138 Å². The highest BCUT2D eigenvalue weighted by atomic mass is 16.3. The molecule has 4 nitrogen and oxygen atoms in total. The molecule has 2 aromatic rings. The number of benzene rings is 2. The highest BCUT2D eigenvalue weighted by molar-refractivity contribution is 5.41. The first kappa shape index (κ1) is 29.4. The molecular formula is C40H54O4. The van der Waals surface area contributed by atoms with E-state index in [4.69, 9.17) is 0 Å². The largest absolute Gasteiger partial charge is 0.508 e. The molecule has 0 aliphatic heterocycles. The van der Waals surface area contributed by atoms with Crippen molar-refractivity contribution in [2.24, 2.45) is 34.5 Å². The fourth-order valence-corrected chi connectivity index (χ4v) is 13.0. The van der Waals surface area contributed by atoms with E-state index < -0.39 is 11.2 Å². The van der Waals surface area contributed by atoms with Gasteiger partial charge in [-0.1, -0.05) is 38.8 Å². The molecule has 4 N–H and O–H groups in total. The van der Waals surface area contributed by atoms with Gasteiger partial charge >= 0.3 is 0 Å². The van der Waals surface area contributed by atoms with Gasteiger partial charge in [0.15, 0.2) is 0 Å². The highest BCUT2D eigenvalue weighted by Crippen LogP contribution is 2.67. The number of phenols is 2. The zero-order valence-electron chi connectivity index (χ0n) is 27.0. The van der Waals surface area contributed by atoms with Crippen molar-refractivity contribution in [2.75, 3.05) is 0 Å². The molecule has 4 saturated carbocycles. The van der Waals surface area contributed by atoms with Crippen molar-refractivity contribution in [2.45, 2.75) is 140 Å². The zero-order valence-corrected chi connectivity index (χ0v) is 27.0. The van der Waals surface area contributed by atoms with Gasteiger partial charge in [0.2, 0.25) is 0 Å². The topological polar surface area (TPSA) is 80.9 Å². The molecule has 10 atom stereocenters. The molecule has 4 fully saturated rings. The van der Waals surface area contributed by atoms with E-state index in [9.17, 15) is 20.4 Å². The average Bonchev–Trinajstić information content (AvgIpc) is 3.44. The van der Waals surface area contributed by atoms with Gasteiger partial charge in [-0.05, 0) is 183 Å². The van der Waals surface area contributed by atoms with Crippen LogP contribution in [-0.2, 0) is 12.8 Å². The molecule has 0 unspecified atom stereocenters. The first-order chi connectivity index (χ1) is 21.1. The summed E-state index contributed by atoms with van der Waals surface area (Å²) in [6.45, 7) is 4.82. The molecule has 238 valence electrons. The van der Waals surface area contributed by atoms with Gasteiger partial charge in [-0.25, -0.2) is 0 Å².